The van der Waals surface area contributed by atoms with E-state index in [2.05, 4.69) is 0 Å². The molecule has 0 N–H and O–H groups in total. The van der Waals surface area contributed by atoms with Gasteiger partial charge in [0.15, 0.2) is 20.5 Å². The number of hydrogen-bond donors (Lipinski definition) is 0. The molecule has 11 heteroatoms. The minimum Gasteiger partial charge on any atom is -0.454 e. The quantitative estimate of drug-likeness (QED) is 0.791. The van der Waals surface area contributed by atoms with Crippen LogP contribution >= 0.6 is 0 Å². The number of para-hydroxylation sites is 1. The Balaban J connectivity index is 2.88. The fraction of sp³-hybridized carbons (Fsp3) is 0.143. The van der Waals surface area contributed by atoms with E-state index in [0.717, 1.165) is 0 Å². The number of sulfone groups is 2. The van der Waals surface area contributed by atoms with Gasteiger partial charge in [-0.2, -0.15) is 13.2 Å². The summed E-state index contributed by atoms with van der Waals surface area (Å²) >= 11 is 0. The average Bonchev–Trinajstić information content (AvgIpc) is 2.45. The Morgan fingerprint density at radius 3 is 1.96 bits per heavy atom. The summed E-state index contributed by atoms with van der Waals surface area (Å²) in [4.78, 5) is -2.62. The summed E-state index contributed by atoms with van der Waals surface area (Å²) in [6.07, 6.45) is 0.647. The van der Waals surface area contributed by atoms with Crippen molar-refractivity contribution < 1.29 is 39.9 Å². The molecule has 2 aromatic rings. The van der Waals surface area contributed by atoms with Crippen molar-refractivity contribution in [3.8, 4) is 17.2 Å². The first-order chi connectivity index (χ1) is 11.4. The lowest BCUT2D eigenvalue weighted by molar-refractivity contribution is -0.0438. The molecule has 0 saturated carbocycles. The Morgan fingerprint density at radius 1 is 0.920 bits per heavy atom. The number of rotatable bonds is 4. The Labute approximate surface area is 141 Å². The van der Waals surface area contributed by atoms with E-state index >= 15 is 0 Å². The van der Waals surface area contributed by atoms with E-state index in [0.29, 0.717) is 18.4 Å². The van der Waals surface area contributed by atoms with Gasteiger partial charge in [-0.05, 0) is 24.3 Å². The SMILES string of the molecule is CS(=O)(=O)c1ccc([O])c(S(=O)(=O)C(F)(F)F)c1Oc1ccccc1. The van der Waals surface area contributed by atoms with E-state index in [1.807, 2.05) is 0 Å². The summed E-state index contributed by atoms with van der Waals surface area (Å²) in [6, 6.07) is 8.05. The predicted octanol–water partition coefficient (Wildman–Crippen LogP) is 3.32. The highest BCUT2D eigenvalue weighted by Gasteiger charge is 2.51. The second-order valence-electron chi connectivity index (χ2n) is 4.86. The third-order valence-corrected chi connectivity index (χ3v) is 5.63. The van der Waals surface area contributed by atoms with Crippen molar-refractivity contribution >= 4 is 19.7 Å². The number of halogens is 3. The lowest BCUT2D eigenvalue weighted by Gasteiger charge is -2.16. The predicted molar refractivity (Wildman–Crippen MR) is 79.4 cm³/mol. The molecule has 6 nitrogen and oxygen atoms in total. The first kappa shape index (κ1) is 19.1. The Morgan fingerprint density at radius 2 is 1.48 bits per heavy atom. The largest absolute Gasteiger partial charge is 0.502 e. The zero-order valence-electron chi connectivity index (χ0n) is 12.4. The van der Waals surface area contributed by atoms with Crippen LogP contribution in [0.5, 0.6) is 17.2 Å². The van der Waals surface area contributed by atoms with Crippen molar-refractivity contribution in [2.45, 2.75) is 15.3 Å². The normalized spacial score (nSPS) is 12.8. The maximum absolute atomic E-state index is 12.9. The topological polar surface area (TPSA) is 97.4 Å². The van der Waals surface area contributed by atoms with Crippen molar-refractivity contribution in [1.29, 1.82) is 0 Å². The molecule has 0 spiro atoms. The summed E-state index contributed by atoms with van der Waals surface area (Å²) in [5.74, 6) is -2.86. The molecule has 1 radical (unpaired) electrons. The molecule has 0 bridgehead atoms. The molecule has 25 heavy (non-hydrogen) atoms. The molecule has 0 heterocycles. The molecule has 0 atom stereocenters. The second-order valence-corrected chi connectivity index (χ2v) is 8.72. The molecule has 2 rings (SSSR count). The standard InChI is InChI=1S/C14H10F3O6S2/c1-24(19,20)11-8-7-10(18)13(25(21,22)14(15,16)17)12(11)23-9-5-3-2-4-6-9/h2-8H,1H3. The van der Waals surface area contributed by atoms with Gasteiger partial charge in [0.05, 0.1) is 0 Å². The molecule has 0 saturated heterocycles. The minimum atomic E-state index is -6.14. The lowest BCUT2D eigenvalue weighted by Crippen LogP contribution is -2.24. The lowest BCUT2D eigenvalue weighted by atomic mass is 10.3. The zero-order chi connectivity index (χ0) is 19.0. The van der Waals surface area contributed by atoms with Crippen LogP contribution in [-0.4, -0.2) is 28.6 Å². The van der Waals surface area contributed by atoms with E-state index in [-0.39, 0.29) is 5.75 Å². The maximum Gasteiger partial charge on any atom is 0.502 e. The molecule has 0 unspecified atom stereocenters. The molecule has 0 aliphatic rings. The van der Waals surface area contributed by atoms with Crippen LogP contribution in [0, 0.1) is 0 Å². The summed E-state index contributed by atoms with van der Waals surface area (Å²) in [5.41, 5.74) is -5.81. The first-order valence-electron chi connectivity index (χ1n) is 6.44. The van der Waals surface area contributed by atoms with E-state index in [1.54, 1.807) is 6.07 Å². The van der Waals surface area contributed by atoms with Gasteiger partial charge < -0.3 is 4.74 Å². The van der Waals surface area contributed by atoms with E-state index in [4.69, 9.17) is 4.74 Å². The number of benzene rings is 2. The smallest absolute Gasteiger partial charge is 0.454 e. The molecule has 2 aromatic carbocycles. The van der Waals surface area contributed by atoms with Crippen LogP contribution < -0.4 is 4.74 Å². The Kier molecular flexibility index (Phi) is 4.75. The molecule has 135 valence electrons. The van der Waals surface area contributed by atoms with Crippen LogP contribution in [0.3, 0.4) is 0 Å². The summed E-state index contributed by atoms with van der Waals surface area (Å²) in [7, 11) is -10.3. The molecule has 0 amide bonds. The zero-order valence-corrected chi connectivity index (χ0v) is 14.1. The van der Waals surface area contributed by atoms with Crippen LogP contribution in [0.4, 0.5) is 13.2 Å². The number of ether oxygens (including phenoxy) is 1. The molecule has 0 fully saturated rings. The highest BCUT2D eigenvalue weighted by atomic mass is 32.2. The molecule has 0 aliphatic heterocycles. The van der Waals surface area contributed by atoms with Gasteiger partial charge in [0.2, 0.25) is 5.75 Å². The van der Waals surface area contributed by atoms with Gasteiger partial charge in [0.25, 0.3) is 9.84 Å². The van der Waals surface area contributed by atoms with Gasteiger partial charge in [-0.1, -0.05) is 18.2 Å². The number of alkyl halides is 3. The van der Waals surface area contributed by atoms with Gasteiger partial charge >= 0.3 is 5.51 Å². The van der Waals surface area contributed by atoms with Crippen molar-refractivity contribution in [3.05, 3.63) is 42.5 Å². The molecule has 0 aromatic heterocycles. The number of hydrogen-bond acceptors (Lipinski definition) is 5. The van der Waals surface area contributed by atoms with Crippen molar-refractivity contribution in [2.75, 3.05) is 6.26 Å². The van der Waals surface area contributed by atoms with Crippen molar-refractivity contribution in [1.82, 2.24) is 0 Å². The van der Waals surface area contributed by atoms with Crippen molar-refractivity contribution in [2.24, 2.45) is 0 Å². The third kappa shape index (κ3) is 3.71. The summed E-state index contributed by atoms with van der Waals surface area (Å²) in [5, 5.41) is 11.8. The summed E-state index contributed by atoms with van der Waals surface area (Å²) < 4.78 is 91.0. The molecular weight excluding hydrogens is 385 g/mol. The van der Waals surface area contributed by atoms with E-state index < -0.39 is 46.5 Å². The van der Waals surface area contributed by atoms with Crippen LogP contribution in [0.25, 0.3) is 0 Å². The minimum absolute atomic E-state index is 0.142. The van der Waals surface area contributed by atoms with Gasteiger partial charge in [-0.25, -0.2) is 16.8 Å². The average molecular weight is 395 g/mol. The van der Waals surface area contributed by atoms with Gasteiger partial charge in [0, 0.05) is 6.26 Å². The van der Waals surface area contributed by atoms with Gasteiger partial charge in [-0.3, -0.25) is 5.11 Å². The van der Waals surface area contributed by atoms with E-state index in [9.17, 15) is 35.1 Å². The van der Waals surface area contributed by atoms with Crippen LogP contribution in [-0.2, 0) is 24.8 Å². The fourth-order valence-electron chi connectivity index (χ4n) is 1.89. The Bertz CT molecular complexity index is 997. The highest BCUT2D eigenvalue weighted by molar-refractivity contribution is 7.92. The van der Waals surface area contributed by atoms with Crippen molar-refractivity contribution in [3.63, 3.8) is 0 Å². The fourth-order valence-corrected chi connectivity index (χ4v) is 3.71. The van der Waals surface area contributed by atoms with Crippen LogP contribution in [0.2, 0.25) is 0 Å². The highest BCUT2D eigenvalue weighted by Crippen LogP contribution is 2.45. The monoisotopic (exact) mass is 395 g/mol. The first-order valence-corrected chi connectivity index (χ1v) is 9.81. The van der Waals surface area contributed by atoms with Crippen LogP contribution in [0.15, 0.2) is 52.3 Å². The molecule has 0 aliphatic carbocycles. The van der Waals surface area contributed by atoms with Gasteiger partial charge in [-0.15, -0.1) is 0 Å². The maximum atomic E-state index is 12.9. The Hall–Kier alpha value is -2.27. The van der Waals surface area contributed by atoms with Crippen LogP contribution in [0.1, 0.15) is 0 Å². The molecular formula is C14H10F3O6S2. The third-order valence-electron chi connectivity index (χ3n) is 2.98. The summed E-state index contributed by atoms with van der Waals surface area (Å²) in [6.45, 7) is 0. The van der Waals surface area contributed by atoms with E-state index in [1.165, 1.54) is 24.3 Å². The van der Waals surface area contributed by atoms with Gasteiger partial charge in [0.1, 0.15) is 10.6 Å². The second kappa shape index (κ2) is 6.23.